The van der Waals surface area contributed by atoms with Gasteiger partial charge in [-0.3, -0.25) is 14.6 Å². The lowest BCUT2D eigenvalue weighted by Gasteiger charge is -2.42. The van der Waals surface area contributed by atoms with E-state index >= 15 is 0 Å². The lowest BCUT2D eigenvalue weighted by Crippen LogP contribution is -2.54. The first-order valence-electron chi connectivity index (χ1n) is 11.2. The molecule has 1 aromatic heterocycles. The maximum absolute atomic E-state index is 12.8. The Hall–Kier alpha value is -1.93. The van der Waals surface area contributed by atoms with Crippen molar-refractivity contribution in [3.05, 3.63) is 36.0 Å². The number of carbonyl (C=O) groups is 1. The van der Waals surface area contributed by atoms with E-state index in [0.29, 0.717) is 44.9 Å². The van der Waals surface area contributed by atoms with Gasteiger partial charge in [-0.05, 0) is 25.0 Å². The normalized spacial score (nSPS) is 28.2. The van der Waals surface area contributed by atoms with E-state index in [1.165, 1.54) is 10.9 Å². The fourth-order valence-electron chi connectivity index (χ4n) is 5.35. The number of benzene rings is 1. The van der Waals surface area contributed by atoms with Crippen LogP contribution in [0.15, 0.2) is 30.5 Å². The van der Waals surface area contributed by atoms with Gasteiger partial charge in [0.05, 0.1) is 19.3 Å². The Morgan fingerprint density at radius 1 is 1.17 bits per heavy atom. The Kier molecular flexibility index (Phi) is 5.54. The predicted molar refractivity (Wildman–Crippen MR) is 115 cm³/mol. The predicted octanol–water partition coefficient (Wildman–Crippen LogP) is 1.14. The van der Waals surface area contributed by atoms with Crippen molar-refractivity contribution in [1.29, 1.82) is 0 Å². The summed E-state index contributed by atoms with van der Waals surface area (Å²) in [6.07, 6.45) is 2.86. The molecule has 2 aromatic rings. The molecule has 0 aliphatic carbocycles. The third-order valence-corrected chi connectivity index (χ3v) is 6.99. The summed E-state index contributed by atoms with van der Waals surface area (Å²) >= 11 is 0. The van der Waals surface area contributed by atoms with Crippen LogP contribution in [-0.2, 0) is 22.6 Å². The molecule has 30 heavy (non-hydrogen) atoms. The number of morpholine rings is 1. The van der Waals surface area contributed by atoms with Crippen LogP contribution in [0, 0.1) is 0 Å². The number of fused-ring (bicyclic) bond motifs is 2. The van der Waals surface area contributed by atoms with Gasteiger partial charge in [-0.1, -0.05) is 18.2 Å². The van der Waals surface area contributed by atoms with Crippen LogP contribution >= 0.6 is 0 Å². The lowest BCUT2D eigenvalue weighted by atomic mass is 10.1. The molecule has 0 spiro atoms. The summed E-state index contributed by atoms with van der Waals surface area (Å²) in [4.78, 5) is 19.7. The van der Waals surface area contributed by atoms with Gasteiger partial charge in [-0.25, -0.2) is 0 Å². The minimum Gasteiger partial charge on any atom is -0.392 e. The smallest absolute Gasteiger partial charge is 0.242 e. The largest absolute Gasteiger partial charge is 0.392 e. The number of aliphatic hydroxyl groups is 1. The highest BCUT2D eigenvalue weighted by Crippen LogP contribution is 2.29. The number of ether oxygens (including phenoxy) is 1. The number of nitrogens with zero attached hydrogens (tertiary/aromatic N) is 4. The molecule has 0 radical (unpaired) electrons. The molecule has 7 nitrogen and oxygen atoms in total. The molecular weight excluding hydrogens is 380 g/mol. The maximum atomic E-state index is 12.8. The highest BCUT2D eigenvalue weighted by Gasteiger charge is 2.38. The number of amides is 1. The molecule has 0 bridgehead atoms. The molecule has 7 heteroatoms. The van der Waals surface area contributed by atoms with E-state index < -0.39 is 0 Å². The van der Waals surface area contributed by atoms with Crippen molar-refractivity contribution in [2.75, 3.05) is 45.9 Å². The van der Waals surface area contributed by atoms with Gasteiger partial charge in [0, 0.05) is 68.5 Å². The van der Waals surface area contributed by atoms with E-state index in [-0.39, 0.29) is 12.0 Å². The van der Waals surface area contributed by atoms with Crippen LogP contribution in [0.5, 0.6) is 0 Å². The van der Waals surface area contributed by atoms with E-state index in [9.17, 15) is 9.90 Å². The molecule has 3 aliphatic rings. The first-order valence-corrected chi connectivity index (χ1v) is 11.2. The molecule has 3 fully saturated rings. The summed E-state index contributed by atoms with van der Waals surface area (Å²) in [5.41, 5.74) is 2.40. The van der Waals surface area contributed by atoms with E-state index in [1.54, 1.807) is 0 Å². The van der Waals surface area contributed by atoms with Crippen molar-refractivity contribution in [3.8, 4) is 0 Å². The Bertz CT molecular complexity index is 907. The number of aromatic nitrogens is 1. The van der Waals surface area contributed by atoms with Crippen LogP contribution in [0.25, 0.3) is 10.9 Å². The van der Waals surface area contributed by atoms with E-state index in [4.69, 9.17) is 4.74 Å². The molecule has 1 amide bonds. The van der Waals surface area contributed by atoms with Crippen molar-refractivity contribution >= 4 is 16.8 Å². The molecule has 3 aliphatic heterocycles. The second-order valence-electron chi connectivity index (χ2n) is 9.07. The molecule has 1 N–H and O–H groups in total. The molecule has 162 valence electrons. The monoisotopic (exact) mass is 412 g/mol. The summed E-state index contributed by atoms with van der Waals surface area (Å²) in [5.74, 6) is 0.160. The lowest BCUT2D eigenvalue weighted by molar-refractivity contribution is -0.135. The van der Waals surface area contributed by atoms with E-state index in [1.807, 2.05) is 11.0 Å². The van der Waals surface area contributed by atoms with Crippen LogP contribution in [-0.4, -0.2) is 94.4 Å². The molecule has 3 saturated heterocycles. The summed E-state index contributed by atoms with van der Waals surface area (Å²) in [6, 6.07) is 9.30. The van der Waals surface area contributed by atoms with Crippen molar-refractivity contribution in [1.82, 2.24) is 19.3 Å². The first kappa shape index (κ1) is 20.0. The summed E-state index contributed by atoms with van der Waals surface area (Å²) in [7, 11) is 0. The van der Waals surface area contributed by atoms with Gasteiger partial charge in [0.1, 0.15) is 6.54 Å². The minimum atomic E-state index is -0.185. The average molecular weight is 413 g/mol. The van der Waals surface area contributed by atoms with Gasteiger partial charge < -0.3 is 19.3 Å². The average Bonchev–Trinajstić information content (AvgIpc) is 3.28. The fourth-order valence-corrected chi connectivity index (χ4v) is 5.35. The molecule has 5 rings (SSSR count). The van der Waals surface area contributed by atoms with Crippen molar-refractivity contribution < 1.29 is 14.6 Å². The van der Waals surface area contributed by atoms with Gasteiger partial charge in [0.25, 0.3) is 0 Å². The molecule has 4 heterocycles. The SMILES string of the molecule is C[C@@H]1CN2C[C@H](O)CC2CN1Cc1cn(CC(=O)N2CCOCC2)c2ccccc12. The zero-order valence-corrected chi connectivity index (χ0v) is 17.7. The van der Waals surface area contributed by atoms with Crippen molar-refractivity contribution in [2.45, 2.75) is 44.6 Å². The molecule has 0 saturated carbocycles. The van der Waals surface area contributed by atoms with Crippen LogP contribution in [0.2, 0.25) is 0 Å². The number of hydrogen-bond donors (Lipinski definition) is 1. The molecule has 3 atom stereocenters. The second kappa shape index (κ2) is 8.30. The number of rotatable bonds is 4. The number of piperazine rings is 1. The molecular formula is C23H32N4O3. The third-order valence-electron chi connectivity index (χ3n) is 6.99. The number of aliphatic hydroxyl groups excluding tert-OH is 1. The zero-order valence-electron chi connectivity index (χ0n) is 17.7. The topological polar surface area (TPSA) is 61.2 Å². The quantitative estimate of drug-likeness (QED) is 0.816. The maximum Gasteiger partial charge on any atom is 0.242 e. The molecule has 1 aromatic carbocycles. The van der Waals surface area contributed by atoms with Crippen molar-refractivity contribution in [3.63, 3.8) is 0 Å². The highest BCUT2D eigenvalue weighted by molar-refractivity contribution is 5.86. The van der Waals surface area contributed by atoms with Gasteiger partial charge in [0.2, 0.25) is 5.91 Å². The van der Waals surface area contributed by atoms with Gasteiger partial charge in [-0.2, -0.15) is 0 Å². The Balaban J connectivity index is 1.35. The standard InChI is InChI=1S/C23H32N4O3/c1-17-11-26-15-20(28)10-19(26)14-25(17)12-18-13-27(22-5-3-2-4-21(18)22)16-23(29)24-6-8-30-9-7-24/h2-5,13,17,19-20,28H,6-12,14-16H2,1H3/t17-,19?,20-/m1/s1. The fraction of sp³-hybridized carbons (Fsp3) is 0.609. The number of carbonyl (C=O) groups excluding carboxylic acids is 1. The Morgan fingerprint density at radius 2 is 1.97 bits per heavy atom. The van der Waals surface area contributed by atoms with Crippen LogP contribution < -0.4 is 0 Å². The molecule has 1 unspecified atom stereocenters. The first-order chi connectivity index (χ1) is 14.6. The van der Waals surface area contributed by atoms with Crippen molar-refractivity contribution in [2.24, 2.45) is 0 Å². The van der Waals surface area contributed by atoms with Gasteiger partial charge in [-0.15, -0.1) is 0 Å². The second-order valence-corrected chi connectivity index (χ2v) is 9.07. The van der Waals surface area contributed by atoms with E-state index in [0.717, 1.165) is 38.1 Å². The van der Waals surface area contributed by atoms with Crippen LogP contribution in [0.1, 0.15) is 18.9 Å². The Labute approximate surface area is 177 Å². The van der Waals surface area contributed by atoms with Crippen LogP contribution in [0.4, 0.5) is 0 Å². The minimum absolute atomic E-state index is 0.160. The summed E-state index contributed by atoms with van der Waals surface area (Å²) < 4.78 is 7.49. The zero-order chi connectivity index (χ0) is 20.7. The van der Waals surface area contributed by atoms with Gasteiger partial charge >= 0.3 is 0 Å². The Morgan fingerprint density at radius 3 is 2.80 bits per heavy atom. The van der Waals surface area contributed by atoms with Crippen LogP contribution in [0.3, 0.4) is 0 Å². The van der Waals surface area contributed by atoms with Gasteiger partial charge in [0.15, 0.2) is 0 Å². The summed E-state index contributed by atoms with van der Waals surface area (Å²) in [6.45, 7) is 8.96. The highest BCUT2D eigenvalue weighted by atomic mass is 16.5. The number of hydrogen-bond acceptors (Lipinski definition) is 5. The summed E-state index contributed by atoms with van der Waals surface area (Å²) in [5, 5.41) is 11.3. The third kappa shape index (κ3) is 3.87. The van der Waals surface area contributed by atoms with E-state index in [2.05, 4.69) is 45.7 Å². The number of para-hydroxylation sites is 1.